The zero-order chi connectivity index (χ0) is 15.7. The van der Waals surface area contributed by atoms with Crippen LogP contribution in [0.3, 0.4) is 0 Å². The number of hydrogen-bond donors (Lipinski definition) is 0. The van der Waals surface area contributed by atoms with Crippen LogP contribution in [-0.2, 0) is 14.3 Å². The largest absolute Gasteiger partial charge is 0.373 e. The molecular weight excluding hydrogens is 290 g/mol. The topological polar surface area (TPSA) is 46.6 Å². The van der Waals surface area contributed by atoms with Gasteiger partial charge in [-0.05, 0) is 30.7 Å². The van der Waals surface area contributed by atoms with E-state index in [0.717, 1.165) is 34.9 Å². The lowest BCUT2D eigenvalue weighted by Crippen LogP contribution is -2.34. The quantitative estimate of drug-likeness (QED) is 0.761. The fourth-order valence-corrected chi connectivity index (χ4v) is 4.59. The van der Waals surface area contributed by atoms with Crippen LogP contribution in [0.1, 0.15) is 18.4 Å². The maximum atomic E-state index is 13.0. The Hall–Kier alpha value is -2.20. The van der Waals surface area contributed by atoms with Crippen LogP contribution in [0, 0.1) is 18.8 Å². The highest BCUT2D eigenvalue weighted by molar-refractivity contribution is 6.26. The average Bonchev–Trinajstić information content (AvgIpc) is 3.23. The number of hydrogen-bond acceptors (Lipinski definition) is 3. The van der Waals surface area contributed by atoms with E-state index < -0.39 is 0 Å². The molecule has 0 aromatic heterocycles. The molecule has 0 radical (unpaired) electrons. The molecule has 3 heterocycles. The van der Waals surface area contributed by atoms with Gasteiger partial charge in [-0.25, -0.2) is 4.90 Å². The highest BCUT2D eigenvalue weighted by atomic mass is 16.5. The van der Waals surface area contributed by atoms with Gasteiger partial charge < -0.3 is 4.74 Å². The summed E-state index contributed by atoms with van der Waals surface area (Å²) in [5.41, 5.74) is 1.71. The van der Waals surface area contributed by atoms with Gasteiger partial charge in [0.1, 0.15) is 0 Å². The van der Waals surface area contributed by atoms with Crippen molar-refractivity contribution in [1.29, 1.82) is 0 Å². The van der Waals surface area contributed by atoms with Crippen LogP contribution in [0.2, 0.25) is 0 Å². The first-order valence-electron chi connectivity index (χ1n) is 8.18. The molecule has 3 aliphatic heterocycles. The van der Waals surface area contributed by atoms with E-state index in [1.54, 1.807) is 0 Å². The van der Waals surface area contributed by atoms with Gasteiger partial charge in [0.25, 0.3) is 0 Å². The van der Waals surface area contributed by atoms with Crippen molar-refractivity contribution in [1.82, 2.24) is 0 Å². The standard InChI is InChI=1S/C19H17NO3/c1-10-6-7-11-4-2-3-5-12(11)17(10)20-18(21)15-13-8-9-14(23-13)16(15)19(20)22/h2-7,13-16H,8-9H2,1H3/t13-,14+,15-,16+. The number of nitrogens with zero attached hydrogens (tertiary/aromatic N) is 1. The molecule has 0 unspecified atom stereocenters. The lowest BCUT2D eigenvalue weighted by atomic mass is 9.81. The molecule has 116 valence electrons. The Kier molecular flexibility index (Phi) is 2.55. The molecule has 2 bridgehead atoms. The van der Waals surface area contributed by atoms with Crippen molar-refractivity contribution < 1.29 is 14.3 Å². The molecule has 3 aliphatic rings. The monoisotopic (exact) mass is 307 g/mol. The number of carbonyl (C=O) groups excluding carboxylic acids is 2. The van der Waals surface area contributed by atoms with E-state index in [1.807, 2.05) is 43.3 Å². The predicted octanol–water partition coefficient (Wildman–Crippen LogP) is 2.82. The fourth-order valence-electron chi connectivity index (χ4n) is 4.59. The first-order valence-corrected chi connectivity index (χ1v) is 8.18. The van der Waals surface area contributed by atoms with Crippen LogP contribution < -0.4 is 4.90 Å². The zero-order valence-corrected chi connectivity index (χ0v) is 12.9. The highest BCUT2D eigenvalue weighted by Crippen LogP contribution is 2.50. The minimum atomic E-state index is -0.278. The maximum Gasteiger partial charge on any atom is 0.240 e. The van der Waals surface area contributed by atoms with Crippen LogP contribution in [0.15, 0.2) is 36.4 Å². The molecule has 2 amide bonds. The van der Waals surface area contributed by atoms with E-state index in [4.69, 9.17) is 4.74 Å². The van der Waals surface area contributed by atoms with Crippen molar-refractivity contribution >= 4 is 28.3 Å². The van der Waals surface area contributed by atoms with Gasteiger partial charge in [0.05, 0.1) is 29.7 Å². The molecule has 0 saturated carbocycles. The molecule has 4 heteroatoms. The van der Waals surface area contributed by atoms with Crippen LogP contribution in [0.25, 0.3) is 10.8 Å². The van der Waals surface area contributed by atoms with Gasteiger partial charge in [-0.3, -0.25) is 9.59 Å². The predicted molar refractivity (Wildman–Crippen MR) is 86.1 cm³/mol. The Morgan fingerprint density at radius 2 is 1.61 bits per heavy atom. The number of carbonyl (C=O) groups is 2. The molecular formula is C19H17NO3. The van der Waals surface area contributed by atoms with Gasteiger partial charge in [-0.1, -0.05) is 36.4 Å². The molecule has 0 spiro atoms. The van der Waals surface area contributed by atoms with Gasteiger partial charge >= 0.3 is 0 Å². The van der Waals surface area contributed by atoms with Gasteiger partial charge in [0.15, 0.2) is 0 Å². The molecule has 2 aromatic rings. The number of benzene rings is 2. The van der Waals surface area contributed by atoms with Crippen molar-refractivity contribution in [3.8, 4) is 0 Å². The molecule has 5 rings (SSSR count). The first-order chi connectivity index (χ1) is 11.2. The molecule has 4 atom stereocenters. The number of anilines is 1. The highest BCUT2D eigenvalue weighted by Gasteiger charge is 2.62. The summed E-state index contributed by atoms with van der Waals surface area (Å²) in [5.74, 6) is -0.711. The Labute approximate surface area is 134 Å². The molecule has 2 aromatic carbocycles. The number of fused-ring (bicyclic) bond motifs is 6. The average molecular weight is 307 g/mol. The van der Waals surface area contributed by atoms with Crippen molar-refractivity contribution in [2.24, 2.45) is 11.8 Å². The van der Waals surface area contributed by atoms with E-state index in [2.05, 4.69) is 0 Å². The Bertz CT molecular complexity index is 831. The fraction of sp³-hybridized carbons (Fsp3) is 0.368. The first kappa shape index (κ1) is 13.3. The van der Waals surface area contributed by atoms with Crippen molar-refractivity contribution in [2.75, 3.05) is 4.90 Å². The number of imide groups is 1. The van der Waals surface area contributed by atoms with Crippen molar-refractivity contribution in [3.63, 3.8) is 0 Å². The van der Waals surface area contributed by atoms with Crippen LogP contribution >= 0.6 is 0 Å². The molecule has 0 aliphatic carbocycles. The summed E-state index contributed by atoms with van der Waals surface area (Å²) < 4.78 is 5.81. The summed E-state index contributed by atoms with van der Waals surface area (Å²) in [6.07, 6.45) is 1.66. The number of amides is 2. The Morgan fingerprint density at radius 1 is 0.957 bits per heavy atom. The summed E-state index contributed by atoms with van der Waals surface area (Å²) in [6, 6.07) is 11.9. The van der Waals surface area contributed by atoms with Crippen molar-refractivity contribution in [3.05, 3.63) is 42.0 Å². The molecule has 23 heavy (non-hydrogen) atoms. The second kappa shape index (κ2) is 4.42. The third-order valence-electron chi connectivity index (χ3n) is 5.61. The minimum absolute atomic E-state index is 0.0678. The second-order valence-corrected chi connectivity index (χ2v) is 6.81. The summed E-state index contributed by atoms with van der Waals surface area (Å²) in [6.45, 7) is 1.96. The summed E-state index contributed by atoms with van der Waals surface area (Å²) in [5, 5.41) is 2.01. The number of ether oxygens (including phenoxy) is 1. The summed E-state index contributed by atoms with van der Waals surface area (Å²) in [7, 11) is 0. The third kappa shape index (κ3) is 1.59. The second-order valence-electron chi connectivity index (χ2n) is 6.81. The smallest absolute Gasteiger partial charge is 0.240 e. The maximum absolute atomic E-state index is 13.0. The van der Waals surface area contributed by atoms with E-state index >= 15 is 0 Å². The number of aryl methyl sites for hydroxylation is 1. The molecule has 3 saturated heterocycles. The third-order valence-corrected chi connectivity index (χ3v) is 5.61. The van der Waals surface area contributed by atoms with Crippen LogP contribution in [0.4, 0.5) is 5.69 Å². The minimum Gasteiger partial charge on any atom is -0.373 e. The van der Waals surface area contributed by atoms with Gasteiger partial charge in [-0.15, -0.1) is 0 Å². The summed E-state index contributed by atoms with van der Waals surface area (Å²) >= 11 is 0. The van der Waals surface area contributed by atoms with E-state index in [0.29, 0.717) is 0 Å². The van der Waals surface area contributed by atoms with Crippen LogP contribution in [0.5, 0.6) is 0 Å². The molecule has 3 fully saturated rings. The lowest BCUT2D eigenvalue weighted by molar-refractivity contribution is -0.124. The van der Waals surface area contributed by atoms with Gasteiger partial charge in [-0.2, -0.15) is 0 Å². The summed E-state index contributed by atoms with van der Waals surface area (Å²) in [4.78, 5) is 27.5. The van der Waals surface area contributed by atoms with E-state index in [9.17, 15) is 9.59 Å². The molecule has 0 N–H and O–H groups in total. The normalized spacial score (nSPS) is 32.1. The van der Waals surface area contributed by atoms with E-state index in [-0.39, 0.29) is 35.9 Å². The SMILES string of the molecule is Cc1ccc2ccccc2c1N1C(=O)[C@@H]2[C@H](C1=O)[C@H]1CC[C@@H]2O1. The van der Waals surface area contributed by atoms with Crippen molar-refractivity contribution in [2.45, 2.75) is 32.0 Å². The zero-order valence-electron chi connectivity index (χ0n) is 12.9. The molecule has 4 nitrogen and oxygen atoms in total. The van der Waals surface area contributed by atoms with Crippen LogP contribution in [-0.4, -0.2) is 24.0 Å². The Balaban J connectivity index is 1.70. The lowest BCUT2D eigenvalue weighted by Gasteiger charge is -2.21. The van der Waals surface area contributed by atoms with Gasteiger partial charge in [0.2, 0.25) is 11.8 Å². The van der Waals surface area contributed by atoms with Gasteiger partial charge in [0, 0.05) is 5.39 Å². The number of rotatable bonds is 1. The Morgan fingerprint density at radius 3 is 2.30 bits per heavy atom. The van der Waals surface area contributed by atoms with E-state index in [1.165, 1.54) is 4.90 Å².